The Labute approximate surface area is 102 Å². The topological polar surface area (TPSA) is 72.2 Å². The van der Waals surface area contributed by atoms with Gasteiger partial charge in [0, 0.05) is 0 Å². The Kier molecular flexibility index (Phi) is 7.72. The van der Waals surface area contributed by atoms with E-state index in [-0.39, 0.29) is 11.0 Å². The average Bonchev–Trinajstić information content (AvgIpc) is 2.32. The molecule has 0 radical (unpaired) electrons. The molecule has 3 nitrogen and oxygen atoms in total. The van der Waals surface area contributed by atoms with Crippen LogP contribution in [0.15, 0.2) is 60.7 Å². The molecule has 0 fully saturated rings. The van der Waals surface area contributed by atoms with E-state index in [1.165, 1.54) is 11.0 Å². The molecule has 2 rings (SSSR count). The molecule has 0 bridgehead atoms. The van der Waals surface area contributed by atoms with Crippen molar-refractivity contribution in [2.45, 2.75) is 6.61 Å². The van der Waals surface area contributed by atoms with Gasteiger partial charge in [-0.1, -0.05) is 66.1 Å². The van der Waals surface area contributed by atoms with Crippen molar-refractivity contribution in [2.24, 2.45) is 0 Å². The molecule has 0 spiro atoms. The number of rotatable bonds is 4. The highest BCUT2D eigenvalue weighted by molar-refractivity contribution is 6.46. The van der Waals surface area contributed by atoms with Crippen LogP contribution in [0.4, 0.5) is 0 Å². The van der Waals surface area contributed by atoms with Crippen molar-refractivity contribution in [3.8, 4) is 0 Å². The zero-order valence-electron chi connectivity index (χ0n) is 9.60. The molecule has 0 aromatic heterocycles. The summed E-state index contributed by atoms with van der Waals surface area (Å²) < 4.78 is 5.61. The Bertz CT molecular complexity index is 352. The van der Waals surface area contributed by atoms with Crippen molar-refractivity contribution in [3.05, 3.63) is 66.2 Å². The summed E-state index contributed by atoms with van der Waals surface area (Å²) in [5.41, 5.74) is 2.43. The van der Waals surface area contributed by atoms with E-state index in [0.29, 0.717) is 14.1 Å². The van der Waals surface area contributed by atoms with Crippen LogP contribution in [0, 0.1) is 0 Å². The summed E-state index contributed by atoms with van der Waals surface area (Å²) in [4.78, 5) is 0. The Morgan fingerprint density at radius 2 is 1.29 bits per heavy atom. The van der Waals surface area contributed by atoms with Gasteiger partial charge in [0.25, 0.3) is 0 Å². The van der Waals surface area contributed by atoms with Gasteiger partial charge in [-0.2, -0.15) is 0 Å². The summed E-state index contributed by atoms with van der Waals surface area (Å²) in [6, 6.07) is 20.4. The van der Waals surface area contributed by atoms with E-state index in [9.17, 15) is 0 Å². The van der Waals surface area contributed by atoms with Gasteiger partial charge in [-0.05, 0) is 5.56 Å². The molecule has 0 heterocycles. The van der Waals surface area contributed by atoms with Crippen molar-refractivity contribution < 1.29 is 15.6 Å². The fourth-order valence-electron chi connectivity index (χ4n) is 1.44. The summed E-state index contributed by atoms with van der Waals surface area (Å²) in [6.07, 6.45) is 0. The summed E-state index contributed by atoms with van der Waals surface area (Å²) in [5, 5.41) is 0. The highest BCUT2D eigenvalue weighted by Gasteiger charge is 1.95. The van der Waals surface area contributed by atoms with E-state index < -0.39 is 0 Å². The second-order valence-corrected chi connectivity index (χ2v) is 3.46. The summed E-state index contributed by atoms with van der Waals surface area (Å²) in [7, 11) is 0.676. The third-order valence-corrected chi connectivity index (χ3v) is 2.22. The fraction of sp³-hybridized carbons (Fsp3) is 0.0769. The summed E-state index contributed by atoms with van der Waals surface area (Å²) in [6.45, 7) is 0.676. The van der Waals surface area contributed by atoms with E-state index in [4.69, 9.17) is 4.65 Å². The van der Waals surface area contributed by atoms with Crippen molar-refractivity contribution in [1.82, 2.24) is 0 Å². The molecule has 17 heavy (non-hydrogen) atoms. The van der Waals surface area contributed by atoms with Crippen LogP contribution in [0.2, 0.25) is 0 Å². The maximum Gasteiger partial charge on any atom is 0.309 e. The molecule has 4 N–H and O–H groups in total. The summed E-state index contributed by atoms with van der Waals surface area (Å²) in [5.74, 6) is 0. The van der Waals surface area contributed by atoms with Crippen LogP contribution in [0.1, 0.15) is 5.56 Å². The van der Waals surface area contributed by atoms with E-state index >= 15 is 0 Å². The van der Waals surface area contributed by atoms with Gasteiger partial charge < -0.3 is 15.6 Å². The molecule has 0 saturated heterocycles. The molecule has 0 aliphatic carbocycles. The standard InChI is InChI=1S/C13H13BO.2H2O/c1-3-7-12(8-4-1)11-15-14-13-9-5-2-6-10-13;;/h1-10,14H,11H2;2*1H2. The first-order valence-electron chi connectivity index (χ1n) is 5.11. The fourth-order valence-corrected chi connectivity index (χ4v) is 1.44. The Balaban J connectivity index is 0.00000128. The van der Waals surface area contributed by atoms with Gasteiger partial charge in [0.2, 0.25) is 0 Å². The molecule has 0 aliphatic rings. The number of hydrogen-bond acceptors (Lipinski definition) is 1. The number of hydrogen-bond donors (Lipinski definition) is 0. The maximum absolute atomic E-state index is 5.61. The van der Waals surface area contributed by atoms with Crippen LogP contribution in [0.25, 0.3) is 0 Å². The van der Waals surface area contributed by atoms with Crippen molar-refractivity contribution in [2.75, 3.05) is 0 Å². The molecular formula is C13H17BO3. The van der Waals surface area contributed by atoms with E-state index in [1.807, 2.05) is 36.4 Å². The predicted molar refractivity (Wildman–Crippen MR) is 71.7 cm³/mol. The van der Waals surface area contributed by atoms with Gasteiger partial charge in [0.05, 0.1) is 6.61 Å². The highest BCUT2D eigenvalue weighted by Crippen LogP contribution is 1.99. The lowest BCUT2D eigenvalue weighted by Gasteiger charge is -2.02. The molecular weight excluding hydrogens is 215 g/mol. The molecule has 90 valence electrons. The lowest BCUT2D eigenvalue weighted by Crippen LogP contribution is -2.16. The van der Waals surface area contributed by atoms with E-state index in [0.717, 1.165) is 0 Å². The molecule has 0 atom stereocenters. The Hall–Kier alpha value is -1.62. The smallest absolute Gasteiger partial charge is 0.309 e. The molecule has 2 aromatic rings. The first-order valence-corrected chi connectivity index (χ1v) is 5.11. The zero-order valence-corrected chi connectivity index (χ0v) is 9.60. The molecule has 0 aliphatic heterocycles. The van der Waals surface area contributed by atoms with Gasteiger partial charge >= 0.3 is 7.48 Å². The van der Waals surface area contributed by atoms with Crippen LogP contribution in [-0.2, 0) is 11.3 Å². The first-order chi connectivity index (χ1) is 7.45. The van der Waals surface area contributed by atoms with Crippen molar-refractivity contribution >= 4 is 12.9 Å². The maximum atomic E-state index is 5.61. The van der Waals surface area contributed by atoms with Crippen molar-refractivity contribution in [3.63, 3.8) is 0 Å². The number of benzene rings is 2. The summed E-state index contributed by atoms with van der Waals surface area (Å²) >= 11 is 0. The molecule has 0 unspecified atom stereocenters. The van der Waals surface area contributed by atoms with Gasteiger partial charge in [-0.3, -0.25) is 0 Å². The van der Waals surface area contributed by atoms with Crippen LogP contribution in [0.3, 0.4) is 0 Å². The Morgan fingerprint density at radius 1 is 0.765 bits per heavy atom. The monoisotopic (exact) mass is 232 g/mol. The van der Waals surface area contributed by atoms with Gasteiger partial charge in [0.15, 0.2) is 0 Å². The average molecular weight is 232 g/mol. The molecule has 2 aromatic carbocycles. The van der Waals surface area contributed by atoms with Crippen LogP contribution in [-0.4, -0.2) is 18.4 Å². The lowest BCUT2D eigenvalue weighted by atomic mass is 9.88. The zero-order chi connectivity index (χ0) is 10.3. The minimum Gasteiger partial charge on any atom is -0.430 e. The second-order valence-electron chi connectivity index (χ2n) is 3.46. The van der Waals surface area contributed by atoms with Crippen LogP contribution >= 0.6 is 0 Å². The molecule has 0 amide bonds. The van der Waals surface area contributed by atoms with Crippen LogP contribution in [0.5, 0.6) is 0 Å². The van der Waals surface area contributed by atoms with Gasteiger partial charge in [0.1, 0.15) is 0 Å². The second kappa shape index (κ2) is 8.53. The first kappa shape index (κ1) is 15.4. The predicted octanol–water partition coefficient (Wildman–Crippen LogP) is 0.231. The lowest BCUT2D eigenvalue weighted by molar-refractivity contribution is 0.330. The minimum absolute atomic E-state index is 0. The van der Waals surface area contributed by atoms with Gasteiger partial charge in [-0.15, -0.1) is 0 Å². The quantitative estimate of drug-likeness (QED) is 0.695. The molecule has 4 heteroatoms. The van der Waals surface area contributed by atoms with Crippen molar-refractivity contribution in [1.29, 1.82) is 0 Å². The van der Waals surface area contributed by atoms with Crippen LogP contribution < -0.4 is 5.46 Å². The normalized spacial score (nSPS) is 8.71. The van der Waals surface area contributed by atoms with E-state index in [2.05, 4.69) is 24.3 Å². The highest BCUT2D eigenvalue weighted by atomic mass is 16.4. The third kappa shape index (κ3) is 5.31. The van der Waals surface area contributed by atoms with E-state index in [1.54, 1.807) is 0 Å². The largest absolute Gasteiger partial charge is 0.430 e. The third-order valence-electron chi connectivity index (χ3n) is 2.22. The Morgan fingerprint density at radius 3 is 1.88 bits per heavy atom. The molecule has 0 saturated carbocycles. The minimum atomic E-state index is 0. The SMILES string of the molecule is B(OCc1ccccc1)c1ccccc1.O.O. The van der Waals surface area contributed by atoms with Gasteiger partial charge in [-0.25, -0.2) is 0 Å².